The quantitative estimate of drug-likeness (QED) is 0.345. The Hall–Kier alpha value is -3.64. The van der Waals surface area contributed by atoms with Crippen molar-refractivity contribution in [3.8, 4) is 22.4 Å². The number of H-pyrrole nitrogens is 3. The van der Waals surface area contributed by atoms with Crippen LogP contribution in [0.15, 0.2) is 66.0 Å². The molecule has 3 aromatic heterocycles. The standard InChI is InChI=1S/C23H21N5O/c24-7-1-3-15-10-19-20(21-4-2-8-25-21)13-26-23(29)22(19)18-9-14(5-6-17(15)18)16-11-27-28-12-16/h2,4-6,8-13,25H,1,3,7,24H2,(H,26,29)(H,27,28). The molecule has 0 saturated heterocycles. The molecule has 0 amide bonds. The zero-order chi connectivity index (χ0) is 19.8. The predicted octanol–water partition coefficient (Wildman–Crippen LogP) is 3.96. The van der Waals surface area contributed by atoms with Gasteiger partial charge in [0.1, 0.15) is 0 Å². The molecule has 6 heteroatoms. The van der Waals surface area contributed by atoms with Crippen molar-refractivity contribution in [1.82, 2.24) is 20.2 Å². The van der Waals surface area contributed by atoms with Crippen LogP contribution in [-0.4, -0.2) is 26.7 Å². The van der Waals surface area contributed by atoms with Crippen LogP contribution in [-0.2, 0) is 6.42 Å². The van der Waals surface area contributed by atoms with E-state index < -0.39 is 0 Å². The first-order valence-electron chi connectivity index (χ1n) is 9.70. The molecule has 29 heavy (non-hydrogen) atoms. The topological polar surface area (TPSA) is 103 Å². The highest BCUT2D eigenvalue weighted by molar-refractivity contribution is 6.13. The third-order valence-corrected chi connectivity index (χ3v) is 5.46. The summed E-state index contributed by atoms with van der Waals surface area (Å²) in [6.45, 7) is 0.630. The van der Waals surface area contributed by atoms with Gasteiger partial charge < -0.3 is 15.7 Å². The lowest BCUT2D eigenvalue weighted by Crippen LogP contribution is -2.08. The average molecular weight is 383 g/mol. The van der Waals surface area contributed by atoms with E-state index in [1.807, 2.05) is 24.5 Å². The van der Waals surface area contributed by atoms with E-state index in [9.17, 15) is 4.79 Å². The van der Waals surface area contributed by atoms with Crippen molar-refractivity contribution in [3.63, 3.8) is 0 Å². The Bertz CT molecular complexity index is 1350. The SMILES string of the molecule is NCCCc1cc2c(-c3ccc[nH]3)c[nH]c(=O)c2c2cc(-c3cn[nH]c3)ccc12. The zero-order valence-corrected chi connectivity index (χ0v) is 15.8. The number of hydrogen-bond donors (Lipinski definition) is 4. The highest BCUT2D eigenvalue weighted by atomic mass is 16.1. The zero-order valence-electron chi connectivity index (χ0n) is 15.8. The maximum Gasteiger partial charge on any atom is 0.256 e. The minimum atomic E-state index is -0.0879. The fourth-order valence-corrected chi connectivity index (χ4v) is 4.05. The second kappa shape index (κ2) is 7.07. The molecule has 0 saturated carbocycles. The number of aromatic nitrogens is 4. The maximum atomic E-state index is 12.9. The molecule has 0 bridgehead atoms. The fourth-order valence-electron chi connectivity index (χ4n) is 4.05. The minimum Gasteiger partial charge on any atom is -0.361 e. The van der Waals surface area contributed by atoms with Crippen molar-refractivity contribution in [1.29, 1.82) is 0 Å². The van der Waals surface area contributed by atoms with Gasteiger partial charge in [-0.05, 0) is 70.9 Å². The van der Waals surface area contributed by atoms with Crippen molar-refractivity contribution < 1.29 is 0 Å². The Balaban J connectivity index is 1.89. The monoisotopic (exact) mass is 383 g/mol. The summed E-state index contributed by atoms with van der Waals surface area (Å²) in [6.07, 6.45) is 9.08. The van der Waals surface area contributed by atoms with E-state index in [-0.39, 0.29) is 5.56 Å². The molecule has 0 aliphatic heterocycles. The van der Waals surface area contributed by atoms with Gasteiger partial charge >= 0.3 is 0 Å². The molecule has 6 nitrogen and oxygen atoms in total. The van der Waals surface area contributed by atoms with Crippen LogP contribution in [0.5, 0.6) is 0 Å². The fraction of sp³-hybridized carbons (Fsp3) is 0.130. The summed E-state index contributed by atoms with van der Waals surface area (Å²) in [5.74, 6) is 0. The van der Waals surface area contributed by atoms with Gasteiger partial charge in [0.2, 0.25) is 0 Å². The lowest BCUT2D eigenvalue weighted by molar-refractivity contribution is 0.838. The Labute approximate surface area is 166 Å². The number of rotatable bonds is 5. The van der Waals surface area contributed by atoms with Gasteiger partial charge in [-0.3, -0.25) is 9.89 Å². The molecule has 5 N–H and O–H groups in total. The predicted molar refractivity (Wildman–Crippen MR) is 117 cm³/mol. The number of aromatic amines is 3. The first kappa shape index (κ1) is 17.5. The van der Waals surface area contributed by atoms with Gasteiger partial charge in [-0.1, -0.05) is 12.1 Å². The molecule has 0 unspecified atom stereocenters. The van der Waals surface area contributed by atoms with Gasteiger partial charge in [0.25, 0.3) is 5.56 Å². The molecular formula is C23H21N5O. The summed E-state index contributed by atoms with van der Waals surface area (Å²) in [6, 6.07) is 12.4. The van der Waals surface area contributed by atoms with Gasteiger partial charge in [-0.25, -0.2) is 0 Å². The highest BCUT2D eigenvalue weighted by Gasteiger charge is 2.15. The van der Waals surface area contributed by atoms with Crippen LogP contribution in [0.3, 0.4) is 0 Å². The lowest BCUT2D eigenvalue weighted by atomic mass is 9.91. The number of nitrogens with one attached hydrogen (secondary N) is 3. The van der Waals surface area contributed by atoms with Crippen LogP contribution >= 0.6 is 0 Å². The van der Waals surface area contributed by atoms with E-state index in [2.05, 4.69) is 44.4 Å². The van der Waals surface area contributed by atoms with Crippen LogP contribution in [0.2, 0.25) is 0 Å². The first-order valence-corrected chi connectivity index (χ1v) is 9.70. The van der Waals surface area contributed by atoms with E-state index in [1.54, 1.807) is 12.4 Å². The number of hydrogen-bond acceptors (Lipinski definition) is 3. The third kappa shape index (κ3) is 2.94. The smallest absolute Gasteiger partial charge is 0.256 e. The van der Waals surface area contributed by atoms with Crippen LogP contribution in [0.4, 0.5) is 0 Å². The van der Waals surface area contributed by atoms with Crippen LogP contribution in [0, 0.1) is 0 Å². The number of aryl methyl sites for hydroxylation is 1. The first-order chi connectivity index (χ1) is 14.3. The number of benzene rings is 2. The van der Waals surface area contributed by atoms with E-state index in [0.717, 1.165) is 51.4 Å². The Morgan fingerprint density at radius 1 is 0.966 bits per heavy atom. The third-order valence-electron chi connectivity index (χ3n) is 5.46. The second-order valence-corrected chi connectivity index (χ2v) is 7.21. The summed E-state index contributed by atoms with van der Waals surface area (Å²) < 4.78 is 0. The average Bonchev–Trinajstić information content (AvgIpc) is 3.46. The molecule has 5 aromatic rings. The molecule has 0 atom stereocenters. The molecule has 3 heterocycles. The van der Waals surface area contributed by atoms with Crippen molar-refractivity contribution >= 4 is 21.5 Å². The van der Waals surface area contributed by atoms with Crippen molar-refractivity contribution in [2.24, 2.45) is 5.73 Å². The van der Waals surface area contributed by atoms with Gasteiger partial charge in [-0.2, -0.15) is 5.10 Å². The lowest BCUT2D eigenvalue weighted by Gasteiger charge is -2.13. The largest absolute Gasteiger partial charge is 0.361 e. The molecular weight excluding hydrogens is 362 g/mol. The number of nitrogens with two attached hydrogens (primary N) is 1. The van der Waals surface area contributed by atoms with Crippen LogP contribution in [0.1, 0.15) is 12.0 Å². The Morgan fingerprint density at radius 2 is 1.90 bits per heavy atom. The van der Waals surface area contributed by atoms with Crippen molar-refractivity contribution in [2.45, 2.75) is 12.8 Å². The van der Waals surface area contributed by atoms with E-state index in [1.165, 1.54) is 5.56 Å². The van der Waals surface area contributed by atoms with Gasteiger partial charge in [-0.15, -0.1) is 0 Å². The van der Waals surface area contributed by atoms with Crippen molar-refractivity contribution in [3.05, 3.63) is 77.1 Å². The Morgan fingerprint density at radius 3 is 2.66 bits per heavy atom. The van der Waals surface area contributed by atoms with Gasteiger partial charge in [0, 0.05) is 35.4 Å². The number of pyridine rings is 1. The molecule has 0 fully saturated rings. The molecule has 0 aliphatic rings. The molecule has 144 valence electrons. The van der Waals surface area contributed by atoms with Crippen molar-refractivity contribution in [2.75, 3.05) is 6.54 Å². The molecule has 0 spiro atoms. The highest BCUT2D eigenvalue weighted by Crippen LogP contribution is 2.35. The molecule has 0 radical (unpaired) electrons. The minimum absolute atomic E-state index is 0.0879. The summed E-state index contributed by atoms with van der Waals surface area (Å²) in [4.78, 5) is 19.1. The van der Waals surface area contributed by atoms with E-state index >= 15 is 0 Å². The van der Waals surface area contributed by atoms with Crippen LogP contribution in [0.25, 0.3) is 43.9 Å². The second-order valence-electron chi connectivity index (χ2n) is 7.21. The normalized spacial score (nSPS) is 11.5. The molecule has 2 aromatic carbocycles. The van der Waals surface area contributed by atoms with Gasteiger partial charge in [0.15, 0.2) is 0 Å². The summed E-state index contributed by atoms with van der Waals surface area (Å²) >= 11 is 0. The summed E-state index contributed by atoms with van der Waals surface area (Å²) in [5, 5.41) is 10.6. The molecule has 5 rings (SSSR count). The number of fused-ring (bicyclic) bond motifs is 3. The van der Waals surface area contributed by atoms with E-state index in [0.29, 0.717) is 11.9 Å². The molecule has 0 aliphatic carbocycles. The van der Waals surface area contributed by atoms with Gasteiger partial charge in [0.05, 0.1) is 11.6 Å². The van der Waals surface area contributed by atoms with Crippen LogP contribution < -0.4 is 11.3 Å². The number of nitrogens with zero attached hydrogens (tertiary/aromatic N) is 1. The Kier molecular flexibility index (Phi) is 4.26. The van der Waals surface area contributed by atoms with E-state index in [4.69, 9.17) is 5.73 Å². The summed E-state index contributed by atoms with van der Waals surface area (Å²) in [5.41, 5.74) is 10.9. The maximum absolute atomic E-state index is 12.9. The summed E-state index contributed by atoms with van der Waals surface area (Å²) in [7, 11) is 0.